The predicted octanol–water partition coefficient (Wildman–Crippen LogP) is 5.77. The SMILES string of the molecule is COc1ccc(-c2nnc(SCC(=O)NN=Cc3cccc(OCc4ccccc4)c3)n2-c2ccccc2)cc1OC. The van der Waals surface area contributed by atoms with E-state index in [4.69, 9.17) is 14.2 Å². The van der Waals surface area contributed by atoms with Gasteiger partial charge in [-0.1, -0.05) is 72.4 Å². The lowest BCUT2D eigenvalue weighted by Crippen LogP contribution is -2.20. The summed E-state index contributed by atoms with van der Waals surface area (Å²) in [7, 11) is 3.18. The number of aromatic nitrogens is 3. The number of hydrazone groups is 1. The zero-order valence-electron chi connectivity index (χ0n) is 23.1. The quantitative estimate of drug-likeness (QED) is 0.114. The minimum Gasteiger partial charge on any atom is -0.493 e. The Morgan fingerprint density at radius 1 is 0.881 bits per heavy atom. The topological polar surface area (TPSA) is 99.9 Å². The average molecular weight is 580 g/mol. The van der Waals surface area contributed by atoms with Crippen LogP contribution >= 0.6 is 11.8 Å². The van der Waals surface area contributed by atoms with Crippen molar-refractivity contribution in [3.05, 3.63) is 114 Å². The van der Waals surface area contributed by atoms with Crippen LogP contribution in [0.3, 0.4) is 0 Å². The maximum Gasteiger partial charge on any atom is 0.250 e. The number of methoxy groups -OCH3 is 2. The number of carbonyl (C=O) groups is 1. The summed E-state index contributed by atoms with van der Waals surface area (Å²) >= 11 is 1.26. The maximum atomic E-state index is 12.7. The van der Waals surface area contributed by atoms with Crippen molar-refractivity contribution < 1.29 is 19.0 Å². The van der Waals surface area contributed by atoms with Crippen LogP contribution in [0.5, 0.6) is 17.2 Å². The van der Waals surface area contributed by atoms with E-state index in [0.717, 1.165) is 28.1 Å². The van der Waals surface area contributed by atoms with Crippen molar-refractivity contribution in [2.24, 2.45) is 5.10 Å². The molecule has 4 aromatic carbocycles. The number of carbonyl (C=O) groups excluding carboxylic acids is 1. The Balaban J connectivity index is 1.24. The number of amides is 1. The molecule has 1 amide bonds. The molecular formula is C32H29N5O4S. The fraction of sp³-hybridized carbons (Fsp3) is 0.125. The summed E-state index contributed by atoms with van der Waals surface area (Å²) in [6.45, 7) is 0.469. The van der Waals surface area contributed by atoms with E-state index >= 15 is 0 Å². The van der Waals surface area contributed by atoms with E-state index in [1.165, 1.54) is 11.8 Å². The first kappa shape index (κ1) is 28.4. The Morgan fingerprint density at radius 3 is 2.40 bits per heavy atom. The summed E-state index contributed by atoms with van der Waals surface area (Å²) in [6, 6.07) is 32.8. The highest BCUT2D eigenvalue weighted by Crippen LogP contribution is 2.34. The van der Waals surface area contributed by atoms with Crippen molar-refractivity contribution in [3.63, 3.8) is 0 Å². The van der Waals surface area contributed by atoms with Gasteiger partial charge in [0.05, 0.1) is 26.2 Å². The number of nitrogens with one attached hydrogen (secondary N) is 1. The van der Waals surface area contributed by atoms with Crippen molar-refractivity contribution in [2.45, 2.75) is 11.8 Å². The first-order chi connectivity index (χ1) is 20.6. The van der Waals surface area contributed by atoms with Gasteiger partial charge in [0, 0.05) is 11.3 Å². The van der Waals surface area contributed by atoms with Gasteiger partial charge in [0.2, 0.25) is 0 Å². The van der Waals surface area contributed by atoms with Gasteiger partial charge < -0.3 is 14.2 Å². The van der Waals surface area contributed by atoms with Gasteiger partial charge >= 0.3 is 0 Å². The third kappa shape index (κ3) is 7.15. The Kier molecular flexibility index (Phi) is 9.48. The predicted molar refractivity (Wildman–Crippen MR) is 164 cm³/mol. The van der Waals surface area contributed by atoms with Gasteiger partial charge in [-0.15, -0.1) is 10.2 Å². The standard InChI is InChI=1S/C32H29N5O4S/c1-39-28-17-16-25(19-29(28)40-2)31-35-36-32(37(31)26-13-7-4-8-14-26)42-22-30(38)34-33-20-24-12-9-15-27(18-24)41-21-23-10-5-3-6-11-23/h3-20H,21-22H2,1-2H3,(H,34,38). The van der Waals surface area contributed by atoms with E-state index in [-0.39, 0.29) is 11.7 Å². The van der Waals surface area contributed by atoms with E-state index in [0.29, 0.717) is 29.1 Å². The van der Waals surface area contributed by atoms with E-state index in [9.17, 15) is 4.79 Å². The van der Waals surface area contributed by atoms with Crippen molar-refractivity contribution in [1.82, 2.24) is 20.2 Å². The average Bonchev–Trinajstić information content (AvgIpc) is 3.47. The van der Waals surface area contributed by atoms with Crippen molar-refractivity contribution >= 4 is 23.9 Å². The highest BCUT2D eigenvalue weighted by Gasteiger charge is 2.18. The zero-order valence-corrected chi connectivity index (χ0v) is 24.0. The van der Waals surface area contributed by atoms with Gasteiger partial charge in [-0.2, -0.15) is 5.10 Å². The zero-order chi connectivity index (χ0) is 29.1. The van der Waals surface area contributed by atoms with E-state index in [1.54, 1.807) is 20.4 Å². The monoisotopic (exact) mass is 579 g/mol. The molecule has 0 saturated heterocycles. The smallest absolute Gasteiger partial charge is 0.250 e. The molecule has 0 spiro atoms. The third-order valence-corrected chi connectivity index (χ3v) is 7.06. The molecule has 0 atom stereocenters. The molecule has 5 aromatic rings. The number of ether oxygens (including phenoxy) is 3. The van der Waals surface area contributed by atoms with E-state index < -0.39 is 0 Å². The van der Waals surface area contributed by atoms with E-state index in [1.807, 2.05) is 108 Å². The Hall–Kier alpha value is -5.09. The lowest BCUT2D eigenvalue weighted by molar-refractivity contribution is -0.118. The Labute approximate surface area is 248 Å². The lowest BCUT2D eigenvalue weighted by atomic mass is 10.2. The van der Waals surface area contributed by atoms with Gasteiger partial charge in [0.15, 0.2) is 22.5 Å². The first-order valence-electron chi connectivity index (χ1n) is 13.1. The first-order valence-corrected chi connectivity index (χ1v) is 14.1. The molecule has 212 valence electrons. The van der Waals surface area contributed by atoms with Crippen LogP contribution in [0.4, 0.5) is 0 Å². The molecule has 0 radical (unpaired) electrons. The van der Waals surface area contributed by atoms with Crippen LogP contribution in [0.25, 0.3) is 17.1 Å². The van der Waals surface area contributed by atoms with Gasteiger partial charge in [0.25, 0.3) is 5.91 Å². The minimum absolute atomic E-state index is 0.0917. The normalized spacial score (nSPS) is 10.9. The van der Waals surface area contributed by atoms with Crippen LogP contribution < -0.4 is 19.6 Å². The van der Waals surface area contributed by atoms with Crippen LogP contribution in [0, 0.1) is 0 Å². The van der Waals surface area contributed by atoms with Gasteiger partial charge in [-0.25, -0.2) is 5.43 Å². The molecule has 42 heavy (non-hydrogen) atoms. The van der Waals surface area contributed by atoms with Crippen LogP contribution in [0.15, 0.2) is 113 Å². The number of nitrogens with zero attached hydrogens (tertiary/aromatic N) is 4. The summed E-state index contributed by atoms with van der Waals surface area (Å²) < 4.78 is 18.6. The number of hydrogen-bond acceptors (Lipinski definition) is 8. The second-order valence-corrected chi connectivity index (χ2v) is 9.92. The number of rotatable bonds is 12. The molecule has 5 rings (SSSR count). The van der Waals surface area contributed by atoms with Gasteiger partial charge in [0.1, 0.15) is 12.4 Å². The second kappa shape index (κ2) is 14.0. The number of thioether (sulfide) groups is 1. The van der Waals surface area contributed by atoms with Crippen molar-refractivity contribution in [2.75, 3.05) is 20.0 Å². The van der Waals surface area contributed by atoms with E-state index in [2.05, 4.69) is 20.7 Å². The second-order valence-electron chi connectivity index (χ2n) is 8.98. The van der Waals surface area contributed by atoms with Crippen molar-refractivity contribution in [1.29, 1.82) is 0 Å². The Morgan fingerprint density at radius 2 is 1.64 bits per heavy atom. The van der Waals surface area contributed by atoms with Gasteiger partial charge in [-0.05, 0) is 53.6 Å². The summed E-state index contributed by atoms with van der Waals surface area (Å²) in [5.41, 5.74) is 6.13. The number of hydrogen-bond donors (Lipinski definition) is 1. The molecule has 0 aliphatic carbocycles. The molecule has 1 heterocycles. The highest BCUT2D eigenvalue weighted by atomic mass is 32.2. The van der Waals surface area contributed by atoms with Crippen LogP contribution in [0.1, 0.15) is 11.1 Å². The largest absolute Gasteiger partial charge is 0.493 e. The van der Waals surface area contributed by atoms with Crippen LogP contribution in [0.2, 0.25) is 0 Å². The summed E-state index contributed by atoms with van der Waals surface area (Å²) in [6.07, 6.45) is 1.58. The fourth-order valence-electron chi connectivity index (χ4n) is 4.10. The summed E-state index contributed by atoms with van der Waals surface area (Å²) in [4.78, 5) is 12.7. The molecule has 1 N–H and O–H groups in total. The van der Waals surface area contributed by atoms with Gasteiger partial charge in [-0.3, -0.25) is 9.36 Å². The maximum absolute atomic E-state index is 12.7. The summed E-state index contributed by atoms with van der Waals surface area (Å²) in [5.74, 6) is 2.34. The lowest BCUT2D eigenvalue weighted by Gasteiger charge is -2.12. The minimum atomic E-state index is -0.275. The van der Waals surface area contributed by atoms with Crippen molar-refractivity contribution in [3.8, 4) is 34.3 Å². The van der Waals surface area contributed by atoms with Crippen LogP contribution in [-0.4, -0.2) is 46.9 Å². The molecule has 9 nitrogen and oxygen atoms in total. The molecule has 0 aliphatic heterocycles. The molecule has 1 aromatic heterocycles. The molecule has 0 fully saturated rings. The molecule has 10 heteroatoms. The number of para-hydroxylation sites is 1. The fourth-order valence-corrected chi connectivity index (χ4v) is 4.85. The molecule has 0 aliphatic rings. The third-order valence-electron chi connectivity index (χ3n) is 6.13. The molecule has 0 bridgehead atoms. The molecule has 0 saturated carbocycles. The number of benzene rings is 4. The molecular weight excluding hydrogens is 550 g/mol. The Bertz CT molecular complexity index is 1660. The van der Waals surface area contributed by atoms with Crippen LogP contribution in [-0.2, 0) is 11.4 Å². The molecule has 0 unspecified atom stereocenters. The summed E-state index contributed by atoms with van der Waals surface area (Å²) in [5, 5.41) is 13.5. The highest BCUT2D eigenvalue weighted by molar-refractivity contribution is 7.99.